The minimum absolute atomic E-state index is 0.180. The molecule has 1 heterocycles. The summed E-state index contributed by atoms with van der Waals surface area (Å²) in [5, 5.41) is 12.5. The standard InChI is InChI=1S/C16H28N2O3/c1-15(2)7-6-10-18(12(15)13(19)20)14(21)17-11-16(3)8-4-5-9-16/h12H,4-11H2,1-3H3,(H,17,21)(H,19,20). The van der Waals surface area contributed by atoms with Crippen LogP contribution >= 0.6 is 0 Å². The van der Waals surface area contributed by atoms with Crippen molar-refractivity contribution >= 4 is 12.0 Å². The Morgan fingerprint density at radius 2 is 1.76 bits per heavy atom. The van der Waals surface area contributed by atoms with Crippen molar-refractivity contribution in [3.05, 3.63) is 0 Å². The fourth-order valence-electron chi connectivity index (χ4n) is 3.87. The van der Waals surface area contributed by atoms with E-state index < -0.39 is 12.0 Å². The summed E-state index contributed by atoms with van der Waals surface area (Å²) < 4.78 is 0. The average molecular weight is 296 g/mol. The topological polar surface area (TPSA) is 69.6 Å². The Labute approximate surface area is 127 Å². The molecule has 2 N–H and O–H groups in total. The summed E-state index contributed by atoms with van der Waals surface area (Å²) in [6, 6.07) is -0.953. The molecule has 1 atom stereocenters. The summed E-state index contributed by atoms with van der Waals surface area (Å²) in [5.41, 5.74) is -0.196. The molecule has 1 aliphatic carbocycles. The molecule has 0 aromatic carbocycles. The van der Waals surface area contributed by atoms with Gasteiger partial charge in [0.2, 0.25) is 0 Å². The van der Waals surface area contributed by atoms with E-state index in [0.29, 0.717) is 13.1 Å². The molecule has 0 aromatic heterocycles. The van der Waals surface area contributed by atoms with Crippen LogP contribution in [0.3, 0.4) is 0 Å². The van der Waals surface area contributed by atoms with Gasteiger partial charge < -0.3 is 15.3 Å². The summed E-state index contributed by atoms with van der Waals surface area (Å²) in [4.78, 5) is 25.6. The quantitative estimate of drug-likeness (QED) is 0.841. The first-order valence-corrected chi connectivity index (χ1v) is 8.03. The summed E-state index contributed by atoms with van der Waals surface area (Å²) in [7, 11) is 0. The van der Waals surface area contributed by atoms with Crippen molar-refractivity contribution in [2.75, 3.05) is 13.1 Å². The zero-order chi connectivity index (χ0) is 15.7. The van der Waals surface area contributed by atoms with Crippen LogP contribution in [0.1, 0.15) is 59.3 Å². The lowest BCUT2D eigenvalue weighted by Gasteiger charge is -2.44. The highest BCUT2D eigenvalue weighted by atomic mass is 16.4. The molecule has 5 nitrogen and oxygen atoms in total. The van der Waals surface area contributed by atoms with Gasteiger partial charge in [0.25, 0.3) is 0 Å². The van der Waals surface area contributed by atoms with Gasteiger partial charge in [-0.05, 0) is 36.5 Å². The highest BCUT2D eigenvalue weighted by Crippen LogP contribution is 2.37. The van der Waals surface area contributed by atoms with Crippen LogP contribution in [0.2, 0.25) is 0 Å². The number of carboxylic acid groups (broad SMARTS) is 1. The first-order chi connectivity index (χ1) is 9.75. The second-order valence-electron chi connectivity index (χ2n) is 7.70. The van der Waals surface area contributed by atoms with Gasteiger partial charge in [0.05, 0.1) is 0 Å². The molecule has 0 radical (unpaired) electrons. The maximum Gasteiger partial charge on any atom is 0.327 e. The van der Waals surface area contributed by atoms with E-state index in [0.717, 1.165) is 25.7 Å². The number of hydrogen-bond donors (Lipinski definition) is 2. The molecule has 2 aliphatic rings. The van der Waals surface area contributed by atoms with E-state index in [1.54, 1.807) is 0 Å². The highest BCUT2D eigenvalue weighted by Gasteiger charge is 2.44. The SMILES string of the molecule is CC1(CNC(=O)N2CCCC(C)(C)C2C(=O)O)CCCC1. The molecular formula is C16H28N2O3. The lowest BCUT2D eigenvalue weighted by Crippen LogP contribution is -2.59. The van der Waals surface area contributed by atoms with Gasteiger partial charge in [-0.1, -0.05) is 33.6 Å². The van der Waals surface area contributed by atoms with Gasteiger partial charge in [-0.2, -0.15) is 0 Å². The van der Waals surface area contributed by atoms with Crippen LogP contribution < -0.4 is 5.32 Å². The van der Waals surface area contributed by atoms with Crippen LogP contribution in [0.25, 0.3) is 0 Å². The number of nitrogens with zero attached hydrogens (tertiary/aromatic N) is 1. The number of carboxylic acids is 1. The molecule has 1 unspecified atom stereocenters. The molecule has 1 saturated heterocycles. The molecule has 1 aliphatic heterocycles. The fraction of sp³-hybridized carbons (Fsp3) is 0.875. The summed E-state index contributed by atoms with van der Waals surface area (Å²) in [6.07, 6.45) is 6.43. The second kappa shape index (κ2) is 5.85. The molecule has 5 heteroatoms. The predicted molar refractivity (Wildman–Crippen MR) is 81.1 cm³/mol. The molecule has 2 rings (SSSR count). The van der Waals surface area contributed by atoms with E-state index >= 15 is 0 Å². The third kappa shape index (κ3) is 3.50. The lowest BCUT2D eigenvalue weighted by atomic mass is 9.76. The van der Waals surface area contributed by atoms with Crippen LogP contribution in [0.5, 0.6) is 0 Å². The first kappa shape index (κ1) is 16.1. The maximum atomic E-state index is 12.5. The minimum atomic E-state index is -0.901. The Morgan fingerprint density at radius 1 is 1.14 bits per heavy atom. The summed E-state index contributed by atoms with van der Waals surface area (Å²) in [6.45, 7) is 7.25. The van der Waals surface area contributed by atoms with Gasteiger partial charge in [-0.25, -0.2) is 9.59 Å². The van der Waals surface area contributed by atoms with Gasteiger partial charge >= 0.3 is 12.0 Å². The fourth-order valence-corrected chi connectivity index (χ4v) is 3.87. The van der Waals surface area contributed by atoms with Crippen LogP contribution in [0.15, 0.2) is 0 Å². The van der Waals surface area contributed by atoms with Gasteiger partial charge in [0, 0.05) is 13.1 Å². The molecule has 0 spiro atoms. The zero-order valence-corrected chi connectivity index (χ0v) is 13.4. The molecule has 2 fully saturated rings. The van der Waals surface area contributed by atoms with Crippen LogP contribution in [-0.2, 0) is 4.79 Å². The Hall–Kier alpha value is -1.26. The van der Waals surface area contributed by atoms with E-state index in [-0.39, 0.29) is 16.9 Å². The number of likely N-dealkylation sites (tertiary alicyclic amines) is 1. The van der Waals surface area contributed by atoms with Crippen LogP contribution in [-0.4, -0.2) is 41.1 Å². The first-order valence-electron chi connectivity index (χ1n) is 8.03. The third-order valence-electron chi connectivity index (χ3n) is 5.24. The molecule has 1 saturated carbocycles. The summed E-state index contributed by atoms with van der Waals surface area (Å²) in [5.74, 6) is -0.901. The number of rotatable bonds is 3. The van der Waals surface area contributed by atoms with Gasteiger partial charge in [0.15, 0.2) is 0 Å². The van der Waals surface area contributed by atoms with E-state index in [1.165, 1.54) is 17.7 Å². The van der Waals surface area contributed by atoms with Crippen molar-refractivity contribution in [1.82, 2.24) is 10.2 Å². The number of nitrogens with one attached hydrogen (secondary N) is 1. The number of amides is 2. The van der Waals surface area contributed by atoms with Gasteiger partial charge in [-0.15, -0.1) is 0 Å². The van der Waals surface area contributed by atoms with Crippen LogP contribution in [0, 0.1) is 10.8 Å². The van der Waals surface area contributed by atoms with Crippen molar-refractivity contribution in [2.45, 2.75) is 65.3 Å². The maximum absolute atomic E-state index is 12.5. The van der Waals surface area contributed by atoms with E-state index in [4.69, 9.17) is 0 Å². The average Bonchev–Trinajstić information content (AvgIpc) is 2.81. The van der Waals surface area contributed by atoms with E-state index in [9.17, 15) is 14.7 Å². The monoisotopic (exact) mass is 296 g/mol. The van der Waals surface area contributed by atoms with Crippen molar-refractivity contribution < 1.29 is 14.7 Å². The van der Waals surface area contributed by atoms with Crippen LogP contribution in [0.4, 0.5) is 4.79 Å². The van der Waals surface area contributed by atoms with Crippen molar-refractivity contribution in [3.63, 3.8) is 0 Å². The minimum Gasteiger partial charge on any atom is -0.480 e. The van der Waals surface area contributed by atoms with E-state index in [1.807, 2.05) is 13.8 Å². The molecule has 0 aromatic rings. The van der Waals surface area contributed by atoms with Crippen molar-refractivity contribution in [3.8, 4) is 0 Å². The zero-order valence-electron chi connectivity index (χ0n) is 13.4. The highest BCUT2D eigenvalue weighted by molar-refractivity contribution is 5.83. The Balaban J connectivity index is 2.01. The van der Waals surface area contributed by atoms with Crippen molar-refractivity contribution in [1.29, 1.82) is 0 Å². The molecule has 2 amide bonds. The molecule has 0 bridgehead atoms. The predicted octanol–water partition coefficient (Wildman–Crippen LogP) is 2.85. The second-order valence-corrected chi connectivity index (χ2v) is 7.70. The Bertz CT molecular complexity index is 414. The molecule has 120 valence electrons. The Morgan fingerprint density at radius 3 is 2.33 bits per heavy atom. The molecular weight excluding hydrogens is 268 g/mol. The van der Waals surface area contributed by atoms with Gasteiger partial charge in [0.1, 0.15) is 6.04 Å². The number of urea groups is 1. The normalized spacial score (nSPS) is 27.4. The third-order valence-corrected chi connectivity index (χ3v) is 5.24. The van der Waals surface area contributed by atoms with E-state index in [2.05, 4.69) is 12.2 Å². The number of piperidine rings is 1. The van der Waals surface area contributed by atoms with Gasteiger partial charge in [-0.3, -0.25) is 0 Å². The molecule has 21 heavy (non-hydrogen) atoms. The number of aliphatic carboxylic acids is 1. The summed E-state index contributed by atoms with van der Waals surface area (Å²) >= 11 is 0. The lowest BCUT2D eigenvalue weighted by molar-refractivity contribution is -0.148. The Kier molecular flexibility index (Phi) is 4.49. The smallest absolute Gasteiger partial charge is 0.327 e. The number of carbonyl (C=O) groups is 2. The van der Waals surface area contributed by atoms with Crippen molar-refractivity contribution in [2.24, 2.45) is 10.8 Å². The number of carbonyl (C=O) groups excluding carboxylic acids is 1. The largest absolute Gasteiger partial charge is 0.480 e. The number of hydrogen-bond acceptors (Lipinski definition) is 2.